The number of amides is 1. The molecule has 3 aliphatic rings. The molecule has 5 rings (SSSR count). The van der Waals surface area contributed by atoms with E-state index in [1.165, 1.54) is 0 Å². The molecule has 3 saturated heterocycles. The number of hydrogen-bond acceptors (Lipinski definition) is 7. The lowest BCUT2D eigenvalue weighted by Gasteiger charge is -2.51. The number of carbonyl (C=O) groups is 1. The van der Waals surface area contributed by atoms with Crippen LogP contribution < -0.4 is 4.90 Å². The van der Waals surface area contributed by atoms with Crippen molar-refractivity contribution in [3.63, 3.8) is 0 Å². The van der Waals surface area contributed by atoms with Gasteiger partial charge in [0.15, 0.2) is 0 Å². The van der Waals surface area contributed by atoms with Crippen molar-refractivity contribution in [1.29, 1.82) is 0 Å². The van der Waals surface area contributed by atoms with Crippen LogP contribution in [0.1, 0.15) is 22.0 Å². The van der Waals surface area contributed by atoms with E-state index in [1.807, 2.05) is 29.3 Å². The smallest absolute Gasteiger partial charge is 0.255 e. The lowest BCUT2D eigenvalue weighted by atomic mass is 9.70. The number of likely N-dealkylation sites (tertiary alicyclic amines) is 2. The zero-order valence-electron chi connectivity index (χ0n) is 16.7. The summed E-state index contributed by atoms with van der Waals surface area (Å²) in [4.78, 5) is 32.8. The van der Waals surface area contributed by atoms with Crippen molar-refractivity contribution >= 4 is 11.9 Å². The lowest BCUT2D eigenvalue weighted by Crippen LogP contribution is -2.61. The number of carbonyl (C=O) groups excluding carboxylic acids is 1. The Morgan fingerprint density at radius 2 is 2.00 bits per heavy atom. The molecule has 0 N–H and O–H groups in total. The molecule has 1 amide bonds. The molecule has 5 heterocycles. The topological polar surface area (TPSA) is 74.7 Å². The van der Waals surface area contributed by atoms with Gasteiger partial charge in [-0.25, -0.2) is 9.97 Å². The Labute approximate surface area is 170 Å². The number of morpholine rings is 1. The summed E-state index contributed by atoms with van der Waals surface area (Å²) in [5.74, 6) is 1.15. The van der Waals surface area contributed by atoms with E-state index in [2.05, 4.69) is 26.8 Å². The summed E-state index contributed by atoms with van der Waals surface area (Å²) < 4.78 is 5.45. The van der Waals surface area contributed by atoms with E-state index in [1.54, 1.807) is 12.4 Å². The third-order valence-corrected chi connectivity index (χ3v) is 6.34. The minimum Gasteiger partial charge on any atom is -0.378 e. The fourth-order valence-corrected chi connectivity index (χ4v) is 4.95. The predicted octanol–water partition coefficient (Wildman–Crippen LogP) is 0.880. The molecule has 3 fully saturated rings. The normalized spacial score (nSPS) is 24.0. The Balaban J connectivity index is 1.35. The first-order valence-electron chi connectivity index (χ1n) is 10.2. The molecule has 2 aromatic rings. The average molecular weight is 394 g/mol. The van der Waals surface area contributed by atoms with Crippen molar-refractivity contribution in [3.8, 4) is 0 Å². The molecular formula is C21H26N6O2. The van der Waals surface area contributed by atoms with Gasteiger partial charge in [0.05, 0.1) is 24.5 Å². The van der Waals surface area contributed by atoms with E-state index in [4.69, 9.17) is 9.72 Å². The highest BCUT2D eigenvalue weighted by Gasteiger charge is 2.55. The number of likely N-dealkylation sites (N-methyl/N-ethyl adjacent to an activating group) is 1. The molecule has 1 spiro atoms. The summed E-state index contributed by atoms with van der Waals surface area (Å²) in [6.45, 7) is 6.53. The first kappa shape index (κ1) is 18.4. The van der Waals surface area contributed by atoms with Crippen molar-refractivity contribution in [2.75, 3.05) is 64.4 Å². The maximum absolute atomic E-state index is 12.8. The molecule has 0 aliphatic carbocycles. The maximum Gasteiger partial charge on any atom is 0.255 e. The Bertz CT molecular complexity index is 880. The molecule has 29 heavy (non-hydrogen) atoms. The quantitative estimate of drug-likeness (QED) is 0.765. The number of rotatable bonds is 3. The largest absolute Gasteiger partial charge is 0.378 e. The molecule has 1 atom stereocenters. The number of ether oxygens (including phenoxy) is 1. The highest BCUT2D eigenvalue weighted by molar-refractivity contribution is 5.94. The molecule has 8 heteroatoms. The molecule has 0 aromatic carbocycles. The van der Waals surface area contributed by atoms with Crippen LogP contribution in [0.15, 0.2) is 36.8 Å². The first-order valence-corrected chi connectivity index (χ1v) is 10.2. The summed E-state index contributed by atoms with van der Waals surface area (Å²) in [5.41, 5.74) is 1.80. The number of pyridine rings is 1. The van der Waals surface area contributed by atoms with Gasteiger partial charge in [-0.2, -0.15) is 0 Å². The number of hydrogen-bond donors (Lipinski definition) is 0. The van der Waals surface area contributed by atoms with Crippen molar-refractivity contribution in [1.82, 2.24) is 24.8 Å². The monoisotopic (exact) mass is 394 g/mol. The summed E-state index contributed by atoms with van der Waals surface area (Å²) in [6, 6.07) is 5.68. The second-order valence-corrected chi connectivity index (χ2v) is 8.40. The van der Waals surface area contributed by atoms with Gasteiger partial charge in [0.2, 0.25) is 5.95 Å². The van der Waals surface area contributed by atoms with Crippen LogP contribution in [0.4, 0.5) is 5.95 Å². The van der Waals surface area contributed by atoms with Crippen LogP contribution in [0.5, 0.6) is 0 Å². The lowest BCUT2D eigenvalue weighted by molar-refractivity contribution is 0.00351. The van der Waals surface area contributed by atoms with Crippen molar-refractivity contribution < 1.29 is 9.53 Å². The zero-order chi connectivity index (χ0) is 19.8. The van der Waals surface area contributed by atoms with Crippen LogP contribution in [0, 0.1) is 5.41 Å². The average Bonchev–Trinajstić information content (AvgIpc) is 3.11. The summed E-state index contributed by atoms with van der Waals surface area (Å²) in [7, 11) is 2.15. The molecule has 0 radical (unpaired) electrons. The van der Waals surface area contributed by atoms with E-state index < -0.39 is 0 Å². The van der Waals surface area contributed by atoms with Gasteiger partial charge in [-0.1, -0.05) is 0 Å². The van der Waals surface area contributed by atoms with E-state index >= 15 is 0 Å². The zero-order valence-corrected chi connectivity index (χ0v) is 16.7. The predicted molar refractivity (Wildman–Crippen MR) is 108 cm³/mol. The van der Waals surface area contributed by atoms with Gasteiger partial charge in [-0.3, -0.25) is 9.78 Å². The Morgan fingerprint density at radius 1 is 1.17 bits per heavy atom. The van der Waals surface area contributed by atoms with Crippen molar-refractivity contribution in [2.45, 2.75) is 5.92 Å². The SMILES string of the molecule is CN1CC(c2ccnc(N3CCOCC3)n2)C2(C1)CN(C(=O)c1cccnc1)C2. The number of aromatic nitrogens is 3. The van der Waals surface area contributed by atoms with E-state index in [-0.39, 0.29) is 11.3 Å². The van der Waals surface area contributed by atoms with Gasteiger partial charge in [0.1, 0.15) is 0 Å². The molecule has 0 saturated carbocycles. The standard InChI is InChI=1S/C21H26N6O2/c1-25-12-17(18-4-6-23-20(24-18)26-7-9-29-10-8-26)21(13-25)14-27(15-21)19(28)16-3-2-5-22-11-16/h2-6,11,17H,7-10,12-15H2,1H3. The number of nitrogens with zero attached hydrogens (tertiary/aromatic N) is 6. The van der Waals surface area contributed by atoms with Crippen molar-refractivity contribution in [3.05, 3.63) is 48.0 Å². The van der Waals surface area contributed by atoms with Crippen LogP contribution in [0.3, 0.4) is 0 Å². The van der Waals surface area contributed by atoms with Crippen LogP contribution in [0.2, 0.25) is 0 Å². The fraction of sp³-hybridized carbons (Fsp3) is 0.524. The van der Waals surface area contributed by atoms with Gasteiger partial charge < -0.3 is 19.4 Å². The molecule has 3 aliphatic heterocycles. The molecule has 8 nitrogen and oxygen atoms in total. The second-order valence-electron chi connectivity index (χ2n) is 8.40. The van der Waals surface area contributed by atoms with Crippen LogP contribution in [0.25, 0.3) is 0 Å². The van der Waals surface area contributed by atoms with Crippen LogP contribution in [-0.4, -0.2) is 90.2 Å². The molecular weight excluding hydrogens is 368 g/mol. The molecule has 2 aromatic heterocycles. The maximum atomic E-state index is 12.8. The summed E-state index contributed by atoms with van der Waals surface area (Å²) >= 11 is 0. The van der Waals surface area contributed by atoms with Crippen LogP contribution in [-0.2, 0) is 4.74 Å². The minimum absolute atomic E-state index is 0.0588. The molecule has 152 valence electrons. The fourth-order valence-electron chi connectivity index (χ4n) is 4.95. The first-order chi connectivity index (χ1) is 14.1. The Kier molecular flexibility index (Phi) is 4.67. The third-order valence-electron chi connectivity index (χ3n) is 6.34. The van der Waals surface area contributed by atoms with Gasteiger partial charge in [-0.15, -0.1) is 0 Å². The van der Waals surface area contributed by atoms with E-state index in [0.29, 0.717) is 11.5 Å². The highest BCUT2D eigenvalue weighted by atomic mass is 16.5. The van der Waals surface area contributed by atoms with Gasteiger partial charge >= 0.3 is 0 Å². The summed E-state index contributed by atoms with van der Waals surface area (Å²) in [6.07, 6.45) is 5.21. The molecule has 0 bridgehead atoms. The second kappa shape index (κ2) is 7.35. The minimum atomic E-state index is 0.0588. The highest BCUT2D eigenvalue weighted by Crippen LogP contribution is 2.48. The Morgan fingerprint density at radius 3 is 2.76 bits per heavy atom. The third kappa shape index (κ3) is 3.36. The van der Waals surface area contributed by atoms with Gasteiger partial charge in [0.25, 0.3) is 5.91 Å². The van der Waals surface area contributed by atoms with Gasteiger partial charge in [0, 0.05) is 69.2 Å². The van der Waals surface area contributed by atoms with Crippen LogP contribution >= 0.6 is 0 Å². The van der Waals surface area contributed by atoms with E-state index in [9.17, 15) is 4.79 Å². The summed E-state index contributed by atoms with van der Waals surface area (Å²) in [5, 5.41) is 0. The van der Waals surface area contributed by atoms with E-state index in [0.717, 1.165) is 64.1 Å². The van der Waals surface area contributed by atoms with Crippen molar-refractivity contribution in [2.24, 2.45) is 5.41 Å². The number of anilines is 1. The molecule has 1 unspecified atom stereocenters. The Hall–Kier alpha value is -2.58. The van der Waals surface area contributed by atoms with Gasteiger partial charge in [-0.05, 0) is 25.2 Å².